The van der Waals surface area contributed by atoms with Gasteiger partial charge in [0.25, 0.3) is 0 Å². The van der Waals surface area contributed by atoms with Gasteiger partial charge in [0.1, 0.15) is 17.1 Å². The highest BCUT2D eigenvalue weighted by Gasteiger charge is 2.24. The third-order valence-corrected chi connectivity index (χ3v) is 6.42. The minimum atomic E-state index is -0.496. The van der Waals surface area contributed by atoms with E-state index in [1.807, 2.05) is 25.3 Å². The molecule has 0 aliphatic rings. The number of aryl methyl sites for hydroxylation is 1. The number of hydrogen-bond acceptors (Lipinski definition) is 7. The van der Waals surface area contributed by atoms with Gasteiger partial charge in [-0.25, -0.2) is 14.2 Å². The first-order chi connectivity index (χ1) is 17.8. The fourth-order valence-corrected chi connectivity index (χ4v) is 4.70. The zero-order chi connectivity index (χ0) is 26.3. The van der Waals surface area contributed by atoms with Crippen LogP contribution in [0.4, 0.5) is 4.39 Å². The number of hydrogen-bond donors (Lipinski definition) is 0. The largest absolute Gasteiger partial charge is 0.496 e. The Balaban J connectivity index is 1.65. The summed E-state index contributed by atoms with van der Waals surface area (Å²) >= 11 is 0. The van der Waals surface area contributed by atoms with E-state index in [1.165, 1.54) is 13.2 Å². The molecule has 0 saturated carbocycles. The normalized spacial score (nSPS) is 12.1. The molecule has 192 valence electrons. The summed E-state index contributed by atoms with van der Waals surface area (Å²) in [5.74, 6) is -0.526. The molecule has 5 rings (SSSR count). The Kier molecular flexibility index (Phi) is 6.28. The highest BCUT2D eigenvalue weighted by Crippen LogP contribution is 2.38. The van der Waals surface area contributed by atoms with Crippen molar-refractivity contribution in [3.63, 3.8) is 0 Å². The number of oxazole rings is 1. The molecule has 0 bridgehead atoms. The Morgan fingerprint density at radius 3 is 2.65 bits per heavy atom. The van der Waals surface area contributed by atoms with Crippen LogP contribution in [0.2, 0.25) is 0 Å². The number of ether oxygens (including phenoxy) is 2. The summed E-state index contributed by atoms with van der Waals surface area (Å²) in [6.07, 6.45) is 3.33. The van der Waals surface area contributed by atoms with Crippen LogP contribution in [0.15, 0.2) is 52.1 Å². The molecule has 5 aromatic rings. The summed E-state index contributed by atoms with van der Waals surface area (Å²) < 4.78 is 35.2. The van der Waals surface area contributed by atoms with Gasteiger partial charge in [0.05, 0.1) is 31.8 Å². The van der Waals surface area contributed by atoms with Crippen LogP contribution < -0.4 is 10.5 Å². The van der Waals surface area contributed by atoms with Gasteiger partial charge in [0.15, 0.2) is 11.2 Å². The first-order valence-corrected chi connectivity index (χ1v) is 11.9. The number of imidazole rings is 1. The van der Waals surface area contributed by atoms with Crippen LogP contribution in [0.1, 0.15) is 20.8 Å². The van der Waals surface area contributed by atoms with Gasteiger partial charge >= 0.3 is 5.76 Å². The van der Waals surface area contributed by atoms with E-state index in [0.717, 1.165) is 11.1 Å². The van der Waals surface area contributed by atoms with Gasteiger partial charge in [-0.3, -0.25) is 4.57 Å². The number of methoxy groups -OCH3 is 2. The molecule has 0 unspecified atom stereocenters. The Morgan fingerprint density at radius 1 is 1.11 bits per heavy atom. The summed E-state index contributed by atoms with van der Waals surface area (Å²) in [5.41, 5.74) is 4.15. The van der Waals surface area contributed by atoms with Crippen LogP contribution in [-0.4, -0.2) is 45.1 Å². The zero-order valence-electron chi connectivity index (χ0n) is 21.4. The molecule has 0 fully saturated rings. The fraction of sp³-hybridized carbons (Fsp3) is 0.333. The molecule has 3 aromatic heterocycles. The Bertz CT molecular complexity index is 1670. The van der Waals surface area contributed by atoms with Crippen molar-refractivity contribution < 1.29 is 18.3 Å². The van der Waals surface area contributed by atoms with Crippen molar-refractivity contribution in [2.24, 2.45) is 5.41 Å². The van der Waals surface area contributed by atoms with E-state index in [-0.39, 0.29) is 5.41 Å². The molecule has 3 heterocycles. The molecule has 37 heavy (non-hydrogen) atoms. The van der Waals surface area contributed by atoms with Crippen LogP contribution in [0.5, 0.6) is 5.75 Å². The second-order valence-electron chi connectivity index (χ2n) is 9.73. The number of halogens is 1. The first-order valence-electron chi connectivity index (χ1n) is 11.9. The molecule has 0 aliphatic heterocycles. The van der Waals surface area contributed by atoms with E-state index >= 15 is 4.39 Å². The molecule has 0 spiro atoms. The van der Waals surface area contributed by atoms with Gasteiger partial charge in [-0.2, -0.15) is 5.10 Å². The van der Waals surface area contributed by atoms with Gasteiger partial charge in [-0.15, -0.1) is 5.10 Å². The zero-order valence-corrected chi connectivity index (χ0v) is 21.4. The smallest absolute Gasteiger partial charge is 0.419 e. The monoisotopic (exact) mass is 505 g/mol. The van der Waals surface area contributed by atoms with E-state index in [2.05, 4.69) is 15.2 Å². The number of rotatable bonds is 8. The predicted molar refractivity (Wildman–Crippen MR) is 138 cm³/mol. The van der Waals surface area contributed by atoms with E-state index in [9.17, 15) is 4.79 Å². The van der Waals surface area contributed by atoms with Gasteiger partial charge in [0.2, 0.25) is 0 Å². The molecule has 2 aromatic carbocycles. The molecule has 10 heteroatoms. The minimum Gasteiger partial charge on any atom is -0.496 e. The summed E-state index contributed by atoms with van der Waals surface area (Å²) in [5, 5.41) is 8.34. The Labute approximate surface area is 212 Å². The highest BCUT2D eigenvalue weighted by molar-refractivity contribution is 5.92. The summed E-state index contributed by atoms with van der Waals surface area (Å²) in [6, 6.07) is 8.15. The van der Waals surface area contributed by atoms with Gasteiger partial charge in [-0.05, 0) is 30.7 Å². The second-order valence-corrected chi connectivity index (χ2v) is 9.73. The maximum Gasteiger partial charge on any atom is 0.419 e. The lowest BCUT2D eigenvalue weighted by Gasteiger charge is -2.23. The third-order valence-electron chi connectivity index (χ3n) is 6.42. The third kappa shape index (κ3) is 4.37. The number of nitrogens with zero attached hydrogens (tertiary/aromatic N) is 5. The molecular formula is C27H28FN5O4. The van der Waals surface area contributed by atoms with Crippen LogP contribution in [-0.2, 0) is 17.8 Å². The molecule has 0 saturated heterocycles. The van der Waals surface area contributed by atoms with Crippen molar-refractivity contribution in [1.29, 1.82) is 0 Å². The maximum absolute atomic E-state index is 15.2. The highest BCUT2D eigenvalue weighted by atomic mass is 19.1. The lowest BCUT2D eigenvalue weighted by atomic mass is 9.94. The topological polar surface area (TPSA) is 97.2 Å². The number of fused-ring (bicyclic) bond motifs is 2. The van der Waals surface area contributed by atoms with Gasteiger partial charge < -0.3 is 18.5 Å². The summed E-state index contributed by atoms with van der Waals surface area (Å²) in [6.45, 7) is 7.55. The number of benzene rings is 2. The van der Waals surface area contributed by atoms with Crippen LogP contribution >= 0.6 is 0 Å². The summed E-state index contributed by atoms with van der Waals surface area (Å²) in [4.78, 5) is 17.2. The fourth-order valence-electron chi connectivity index (χ4n) is 4.70. The SMILES string of the molecule is CCn1cnc2c(-c3ccc(F)c(-c4cc5oc(=O)n(CC(C)(C)COC)c5cc4OC)c3)cnnc21. The van der Waals surface area contributed by atoms with Gasteiger partial charge in [0, 0.05) is 48.4 Å². The van der Waals surface area contributed by atoms with E-state index in [1.54, 1.807) is 48.5 Å². The van der Waals surface area contributed by atoms with Crippen molar-refractivity contribution in [1.82, 2.24) is 24.3 Å². The lowest BCUT2D eigenvalue weighted by Crippen LogP contribution is -2.29. The van der Waals surface area contributed by atoms with E-state index < -0.39 is 11.6 Å². The van der Waals surface area contributed by atoms with Crippen LogP contribution in [0, 0.1) is 11.2 Å². The Hall–Kier alpha value is -4.05. The van der Waals surface area contributed by atoms with Crippen LogP contribution in [0.3, 0.4) is 0 Å². The molecule has 0 amide bonds. The van der Waals surface area contributed by atoms with Gasteiger partial charge in [-0.1, -0.05) is 19.9 Å². The lowest BCUT2D eigenvalue weighted by molar-refractivity contribution is 0.0911. The molecule has 0 N–H and O–H groups in total. The quantitative estimate of drug-likeness (QED) is 0.296. The van der Waals surface area contributed by atoms with Crippen molar-refractivity contribution in [2.45, 2.75) is 33.9 Å². The average Bonchev–Trinajstić information content (AvgIpc) is 3.43. The molecular weight excluding hydrogens is 477 g/mol. The average molecular weight is 506 g/mol. The minimum absolute atomic E-state index is 0.297. The first kappa shape index (κ1) is 24.6. The van der Waals surface area contributed by atoms with Crippen LogP contribution in [0.25, 0.3) is 44.5 Å². The Morgan fingerprint density at radius 2 is 1.92 bits per heavy atom. The molecule has 0 atom stereocenters. The molecule has 0 radical (unpaired) electrons. The molecule has 0 aliphatic carbocycles. The van der Waals surface area contributed by atoms with Crippen molar-refractivity contribution in [2.75, 3.05) is 20.8 Å². The predicted octanol–water partition coefficient (Wildman–Crippen LogP) is 4.91. The standard InChI is InChI=1S/C27H28FN5O4/c1-6-32-15-29-24-19(12-30-31-25(24)32)16-7-8-20(28)17(9-16)18-10-23-21(11-22(18)36-5)33(26(34)37-23)13-27(2,3)14-35-4/h7-12,15H,6,13-14H2,1-5H3. The second kappa shape index (κ2) is 9.44. The van der Waals surface area contributed by atoms with E-state index in [0.29, 0.717) is 58.8 Å². The van der Waals surface area contributed by atoms with Crippen molar-refractivity contribution >= 4 is 22.3 Å². The molecule has 9 nitrogen and oxygen atoms in total. The maximum atomic E-state index is 15.2. The number of aromatic nitrogens is 5. The summed E-state index contributed by atoms with van der Waals surface area (Å²) in [7, 11) is 3.13. The van der Waals surface area contributed by atoms with Crippen molar-refractivity contribution in [3.05, 3.63) is 59.2 Å². The van der Waals surface area contributed by atoms with Crippen molar-refractivity contribution in [3.8, 4) is 28.0 Å². The van der Waals surface area contributed by atoms with E-state index in [4.69, 9.17) is 13.9 Å².